The summed E-state index contributed by atoms with van der Waals surface area (Å²) in [5, 5.41) is 12.7. The monoisotopic (exact) mass is 277 g/mol. The van der Waals surface area contributed by atoms with Crippen molar-refractivity contribution < 1.29 is 4.92 Å². The topological polar surface area (TPSA) is 72.4 Å². The van der Waals surface area contributed by atoms with Crippen molar-refractivity contribution in [2.75, 3.05) is 12.8 Å². The van der Waals surface area contributed by atoms with Crippen molar-refractivity contribution in [1.82, 2.24) is 4.90 Å². The van der Waals surface area contributed by atoms with Crippen LogP contribution in [0.2, 0.25) is 0 Å². The summed E-state index contributed by atoms with van der Waals surface area (Å²) < 4.78 is 0. The molecule has 1 aromatic heterocycles. The molecule has 0 spiro atoms. The maximum absolute atomic E-state index is 10.7. The van der Waals surface area contributed by atoms with Crippen molar-refractivity contribution in [1.29, 1.82) is 0 Å². The number of anilines is 1. The van der Waals surface area contributed by atoms with E-state index in [0.29, 0.717) is 6.54 Å². The van der Waals surface area contributed by atoms with Gasteiger partial charge in [0.25, 0.3) is 5.69 Å². The van der Waals surface area contributed by atoms with Gasteiger partial charge in [-0.15, -0.1) is 11.3 Å². The van der Waals surface area contributed by atoms with E-state index in [0.717, 1.165) is 12.1 Å². The molecule has 2 aromatic rings. The smallest absolute Gasteiger partial charge is 0.292 e. The van der Waals surface area contributed by atoms with Gasteiger partial charge in [0.2, 0.25) is 0 Å². The van der Waals surface area contributed by atoms with E-state index in [9.17, 15) is 10.1 Å². The summed E-state index contributed by atoms with van der Waals surface area (Å²) >= 11 is 1.72. The molecule has 19 heavy (non-hydrogen) atoms. The summed E-state index contributed by atoms with van der Waals surface area (Å²) in [6.07, 6.45) is 0. The first kappa shape index (κ1) is 13.5. The number of nitro benzene ring substituents is 1. The van der Waals surface area contributed by atoms with Gasteiger partial charge in [-0.05, 0) is 30.1 Å². The highest BCUT2D eigenvalue weighted by Crippen LogP contribution is 2.23. The van der Waals surface area contributed by atoms with Gasteiger partial charge in [0.15, 0.2) is 0 Å². The number of benzene rings is 1. The number of rotatable bonds is 5. The first-order chi connectivity index (χ1) is 9.06. The number of nitrogens with zero attached hydrogens (tertiary/aromatic N) is 2. The van der Waals surface area contributed by atoms with Crippen LogP contribution in [0, 0.1) is 10.1 Å². The van der Waals surface area contributed by atoms with E-state index in [4.69, 9.17) is 5.73 Å². The average Bonchev–Trinajstić information content (AvgIpc) is 2.81. The van der Waals surface area contributed by atoms with Crippen LogP contribution in [0.25, 0.3) is 0 Å². The van der Waals surface area contributed by atoms with Crippen LogP contribution in [0.3, 0.4) is 0 Å². The second-order valence-corrected chi connectivity index (χ2v) is 5.43. The fourth-order valence-corrected chi connectivity index (χ4v) is 2.69. The molecule has 0 aliphatic heterocycles. The molecule has 1 heterocycles. The SMILES string of the molecule is CN(Cc1ccc([N+](=O)[O-])c(N)c1)Cc1cccs1. The highest BCUT2D eigenvalue weighted by molar-refractivity contribution is 7.09. The Morgan fingerprint density at radius 2 is 2.16 bits per heavy atom. The van der Waals surface area contributed by atoms with E-state index in [1.165, 1.54) is 10.9 Å². The van der Waals surface area contributed by atoms with Gasteiger partial charge in [-0.25, -0.2) is 0 Å². The number of nitrogen functional groups attached to an aromatic ring is 1. The molecule has 0 saturated heterocycles. The standard InChI is InChI=1S/C13H15N3O2S/c1-15(9-11-3-2-6-19-11)8-10-4-5-13(16(17)18)12(14)7-10/h2-7H,8-9,14H2,1H3. The first-order valence-electron chi connectivity index (χ1n) is 5.80. The normalized spacial score (nSPS) is 10.8. The molecule has 0 amide bonds. The number of hydrogen-bond donors (Lipinski definition) is 1. The number of hydrogen-bond acceptors (Lipinski definition) is 5. The lowest BCUT2D eigenvalue weighted by Crippen LogP contribution is -2.16. The van der Waals surface area contributed by atoms with Gasteiger partial charge in [0, 0.05) is 24.0 Å². The molecular weight excluding hydrogens is 262 g/mol. The largest absolute Gasteiger partial charge is 0.393 e. The molecular formula is C13H15N3O2S. The number of nitro groups is 1. The highest BCUT2D eigenvalue weighted by atomic mass is 32.1. The van der Waals surface area contributed by atoms with E-state index < -0.39 is 4.92 Å². The zero-order valence-electron chi connectivity index (χ0n) is 10.6. The Morgan fingerprint density at radius 1 is 1.37 bits per heavy atom. The van der Waals surface area contributed by atoms with Crippen molar-refractivity contribution in [2.45, 2.75) is 13.1 Å². The molecule has 2 N–H and O–H groups in total. The lowest BCUT2D eigenvalue weighted by Gasteiger charge is -2.15. The fourth-order valence-electron chi connectivity index (χ4n) is 1.90. The van der Waals surface area contributed by atoms with E-state index >= 15 is 0 Å². The molecule has 0 aliphatic rings. The molecule has 0 atom stereocenters. The van der Waals surface area contributed by atoms with Crippen LogP contribution in [0.15, 0.2) is 35.7 Å². The van der Waals surface area contributed by atoms with Gasteiger partial charge in [0.05, 0.1) is 4.92 Å². The molecule has 0 bridgehead atoms. The van der Waals surface area contributed by atoms with Crippen molar-refractivity contribution in [3.05, 3.63) is 56.3 Å². The Morgan fingerprint density at radius 3 is 2.74 bits per heavy atom. The Kier molecular flexibility index (Phi) is 4.13. The van der Waals surface area contributed by atoms with Crippen molar-refractivity contribution in [3.8, 4) is 0 Å². The Bertz CT molecular complexity index is 569. The Balaban J connectivity index is 2.03. The minimum atomic E-state index is -0.464. The van der Waals surface area contributed by atoms with Crippen LogP contribution < -0.4 is 5.73 Å². The van der Waals surface area contributed by atoms with Crippen LogP contribution in [0.1, 0.15) is 10.4 Å². The van der Waals surface area contributed by atoms with Crippen LogP contribution in [0.4, 0.5) is 11.4 Å². The molecule has 0 fully saturated rings. The summed E-state index contributed by atoms with van der Waals surface area (Å²) in [5.74, 6) is 0. The predicted molar refractivity (Wildman–Crippen MR) is 77.0 cm³/mol. The summed E-state index contributed by atoms with van der Waals surface area (Å²) in [6, 6.07) is 9.00. The molecule has 0 radical (unpaired) electrons. The van der Waals surface area contributed by atoms with Crippen LogP contribution in [0.5, 0.6) is 0 Å². The van der Waals surface area contributed by atoms with Crippen LogP contribution in [-0.4, -0.2) is 16.9 Å². The maximum atomic E-state index is 10.7. The Labute approximate surface area is 115 Å². The van der Waals surface area contributed by atoms with Gasteiger partial charge in [-0.1, -0.05) is 12.1 Å². The fraction of sp³-hybridized carbons (Fsp3) is 0.231. The summed E-state index contributed by atoms with van der Waals surface area (Å²) in [7, 11) is 2.01. The third-order valence-electron chi connectivity index (χ3n) is 2.75. The third kappa shape index (κ3) is 3.52. The van der Waals surface area contributed by atoms with E-state index in [1.54, 1.807) is 23.5 Å². The zero-order valence-corrected chi connectivity index (χ0v) is 11.4. The zero-order chi connectivity index (χ0) is 13.8. The molecule has 1 aromatic carbocycles. The minimum Gasteiger partial charge on any atom is -0.393 e. The van der Waals surface area contributed by atoms with Gasteiger partial charge in [-0.3, -0.25) is 15.0 Å². The lowest BCUT2D eigenvalue weighted by atomic mass is 10.1. The van der Waals surface area contributed by atoms with Gasteiger partial charge >= 0.3 is 0 Å². The third-order valence-corrected chi connectivity index (χ3v) is 3.61. The van der Waals surface area contributed by atoms with Crippen molar-refractivity contribution in [3.63, 3.8) is 0 Å². The molecule has 5 nitrogen and oxygen atoms in total. The predicted octanol–water partition coefficient (Wildman–Crippen LogP) is 2.87. The highest BCUT2D eigenvalue weighted by Gasteiger charge is 2.12. The maximum Gasteiger partial charge on any atom is 0.292 e. The molecule has 0 saturated carbocycles. The number of nitrogens with two attached hydrogens (primary N) is 1. The minimum absolute atomic E-state index is 0.0374. The average molecular weight is 277 g/mol. The quantitative estimate of drug-likeness (QED) is 0.518. The Hall–Kier alpha value is -1.92. The van der Waals surface area contributed by atoms with Gasteiger partial charge in [0.1, 0.15) is 5.69 Å². The molecule has 6 heteroatoms. The second-order valence-electron chi connectivity index (χ2n) is 4.40. The van der Waals surface area contributed by atoms with Gasteiger partial charge < -0.3 is 5.73 Å². The number of thiophene rings is 1. The first-order valence-corrected chi connectivity index (χ1v) is 6.68. The molecule has 100 valence electrons. The molecule has 0 unspecified atom stereocenters. The van der Waals surface area contributed by atoms with E-state index in [-0.39, 0.29) is 11.4 Å². The lowest BCUT2D eigenvalue weighted by molar-refractivity contribution is -0.383. The van der Waals surface area contributed by atoms with Crippen LogP contribution in [-0.2, 0) is 13.1 Å². The molecule has 0 aliphatic carbocycles. The summed E-state index contributed by atoms with van der Waals surface area (Å²) in [6.45, 7) is 1.56. The van der Waals surface area contributed by atoms with Crippen molar-refractivity contribution >= 4 is 22.7 Å². The summed E-state index contributed by atoms with van der Waals surface area (Å²) in [5.41, 5.74) is 6.83. The second kappa shape index (κ2) is 5.81. The van der Waals surface area contributed by atoms with Crippen LogP contribution >= 0.6 is 11.3 Å². The summed E-state index contributed by atoms with van der Waals surface area (Å²) in [4.78, 5) is 13.7. The van der Waals surface area contributed by atoms with Crippen molar-refractivity contribution in [2.24, 2.45) is 0 Å². The molecule has 2 rings (SSSR count). The van der Waals surface area contributed by atoms with Gasteiger partial charge in [-0.2, -0.15) is 0 Å². The van der Waals surface area contributed by atoms with E-state index in [1.807, 2.05) is 18.5 Å². The van der Waals surface area contributed by atoms with E-state index in [2.05, 4.69) is 11.0 Å².